The Hall–Kier alpha value is -0.810. The van der Waals surface area contributed by atoms with E-state index in [9.17, 15) is 4.79 Å². The number of nitrogens with two attached hydrogens (primary N) is 1. The summed E-state index contributed by atoms with van der Waals surface area (Å²) in [6, 6.07) is 0. The number of aliphatic hydroxyl groups excluding tert-OH is 1. The monoisotopic (exact) mass is 175 g/mol. The van der Waals surface area contributed by atoms with Gasteiger partial charge in [0.05, 0.1) is 19.8 Å². The second kappa shape index (κ2) is 4.27. The first-order chi connectivity index (χ1) is 5.74. The van der Waals surface area contributed by atoms with Crippen LogP contribution < -0.4 is 5.73 Å². The van der Waals surface area contributed by atoms with Crippen LogP contribution >= 0.6 is 0 Å². The van der Waals surface area contributed by atoms with E-state index in [1.807, 2.05) is 0 Å². The summed E-state index contributed by atoms with van der Waals surface area (Å²) in [4.78, 5) is 10.4. The number of hydrogen-bond donors (Lipinski definition) is 2. The van der Waals surface area contributed by atoms with E-state index in [1.54, 1.807) is 0 Å². The largest absolute Gasteiger partial charge is 0.446 e. The van der Waals surface area contributed by atoms with Gasteiger partial charge in [-0.25, -0.2) is 4.79 Å². The fourth-order valence-electron chi connectivity index (χ4n) is 1.25. The topological polar surface area (TPSA) is 81.8 Å². The van der Waals surface area contributed by atoms with Crippen molar-refractivity contribution in [2.45, 2.75) is 12.5 Å². The fraction of sp³-hybridized carbons (Fsp3) is 0.857. The number of carbonyl (C=O) groups is 1. The second-order valence-electron chi connectivity index (χ2n) is 2.78. The van der Waals surface area contributed by atoms with Crippen LogP contribution in [0.5, 0.6) is 0 Å². The van der Waals surface area contributed by atoms with E-state index >= 15 is 0 Å². The molecule has 0 aliphatic carbocycles. The minimum absolute atomic E-state index is 0.0437. The van der Waals surface area contributed by atoms with Crippen molar-refractivity contribution in [2.75, 3.05) is 19.8 Å². The smallest absolute Gasteiger partial charge is 0.404 e. The maximum absolute atomic E-state index is 10.4. The molecule has 0 spiro atoms. The highest BCUT2D eigenvalue weighted by molar-refractivity contribution is 5.64. The maximum atomic E-state index is 10.4. The summed E-state index contributed by atoms with van der Waals surface area (Å²) in [6.45, 7) is 0.931. The highest BCUT2D eigenvalue weighted by Gasteiger charge is 2.27. The molecule has 1 rings (SSSR count). The molecule has 1 saturated heterocycles. The average molecular weight is 175 g/mol. The number of amides is 1. The third-order valence-electron chi connectivity index (χ3n) is 1.91. The summed E-state index contributed by atoms with van der Waals surface area (Å²) >= 11 is 0. The summed E-state index contributed by atoms with van der Waals surface area (Å²) in [7, 11) is 0. The molecular weight excluding hydrogens is 162 g/mol. The van der Waals surface area contributed by atoms with Gasteiger partial charge < -0.3 is 20.3 Å². The van der Waals surface area contributed by atoms with Crippen molar-refractivity contribution in [3.05, 3.63) is 0 Å². The number of ether oxygens (including phenoxy) is 2. The number of primary amides is 1. The van der Waals surface area contributed by atoms with E-state index in [1.165, 1.54) is 0 Å². The highest BCUT2D eigenvalue weighted by Crippen LogP contribution is 2.17. The van der Waals surface area contributed by atoms with Crippen molar-refractivity contribution in [1.29, 1.82) is 0 Å². The first-order valence-corrected chi connectivity index (χ1v) is 3.88. The standard InChI is InChI=1S/C7H13NO4/c8-7(10)12-6-1-2-11-4-5(6)3-9/h5-6,9H,1-4H2,(H2,8,10)/t5-,6-/m0/s1. The van der Waals surface area contributed by atoms with Crippen molar-refractivity contribution in [1.82, 2.24) is 0 Å². The van der Waals surface area contributed by atoms with Crippen LogP contribution in [0, 0.1) is 5.92 Å². The van der Waals surface area contributed by atoms with Crippen molar-refractivity contribution in [2.24, 2.45) is 11.7 Å². The number of hydrogen-bond acceptors (Lipinski definition) is 4. The van der Waals surface area contributed by atoms with Crippen LogP contribution in [-0.4, -0.2) is 37.1 Å². The lowest BCUT2D eigenvalue weighted by Gasteiger charge is -2.28. The van der Waals surface area contributed by atoms with Gasteiger partial charge in [0.2, 0.25) is 0 Å². The van der Waals surface area contributed by atoms with E-state index in [4.69, 9.17) is 20.3 Å². The molecule has 0 aromatic heterocycles. The Kier molecular flexibility index (Phi) is 3.31. The molecule has 1 heterocycles. The number of aliphatic hydroxyl groups is 1. The molecule has 1 amide bonds. The molecule has 70 valence electrons. The van der Waals surface area contributed by atoms with Crippen LogP contribution in [0.15, 0.2) is 0 Å². The quantitative estimate of drug-likeness (QED) is 0.591. The predicted molar refractivity (Wildman–Crippen MR) is 40.5 cm³/mol. The molecule has 5 nitrogen and oxygen atoms in total. The van der Waals surface area contributed by atoms with Gasteiger partial charge >= 0.3 is 6.09 Å². The molecular formula is C7H13NO4. The van der Waals surface area contributed by atoms with Gasteiger partial charge in [-0.1, -0.05) is 0 Å². The van der Waals surface area contributed by atoms with Crippen LogP contribution in [-0.2, 0) is 9.47 Å². The van der Waals surface area contributed by atoms with Gasteiger partial charge in [0.1, 0.15) is 6.10 Å². The maximum Gasteiger partial charge on any atom is 0.404 e. The number of carbonyl (C=O) groups excluding carboxylic acids is 1. The molecule has 1 fully saturated rings. The third kappa shape index (κ3) is 2.35. The van der Waals surface area contributed by atoms with Crippen LogP contribution in [0.2, 0.25) is 0 Å². The summed E-state index contributed by atoms with van der Waals surface area (Å²) in [5, 5.41) is 8.86. The Labute approximate surface area is 70.4 Å². The molecule has 2 atom stereocenters. The lowest BCUT2D eigenvalue weighted by Crippen LogP contribution is -2.38. The van der Waals surface area contributed by atoms with Gasteiger partial charge in [0.15, 0.2) is 0 Å². The van der Waals surface area contributed by atoms with E-state index in [0.717, 1.165) is 0 Å². The zero-order valence-electron chi connectivity index (χ0n) is 6.73. The van der Waals surface area contributed by atoms with Gasteiger partial charge in [-0.3, -0.25) is 0 Å². The first kappa shape index (κ1) is 9.28. The van der Waals surface area contributed by atoms with Crippen LogP contribution in [0.1, 0.15) is 6.42 Å². The Morgan fingerprint density at radius 1 is 1.75 bits per heavy atom. The SMILES string of the molecule is NC(=O)O[C@H]1CCOC[C@@H]1CO. The summed E-state index contributed by atoms with van der Waals surface area (Å²) in [5.41, 5.74) is 4.86. The molecule has 5 heteroatoms. The van der Waals surface area contributed by atoms with Crippen molar-refractivity contribution < 1.29 is 19.4 Å². The Bertz CT molecular complexity index is 161. The summed E-state index contributed by atoms with van der Waals surface area (Å²) < 4.78 is 9.89. The van der Waals surface area contributed by atoms with Crippen LogP contribution in [0.25, 0.3) is 0 Å². The van der Waals surface area contributed by atoms with Crippen LogP contribution in [0.3, 0.4) is 0 Å². The van der Waals surface area contributed by atoms with E-state index in [2.05, 4.69) is 0 Å². The van der Waals surface area contributed by atoms with Gasteiger partial charge in [-0.05, 0) is 0 Å². The normalized spacial score (nSPS) is 29.8. The molecule has 0 aromatic carbocycles. The molecule has 0 radical (unpaired) electrons. The van der Waals surface area contributed by atoms with Crippen molar-refractivity contribution in [3.8, 4) is 0 Å². The van der Waals surface area contributed by atoms with E-state index in [-0.39, 0.29) is 18.6 Å². The molecule has 0 unspecified atom stereocenters. The molecule has 12 heavy (non-hydrogen) atoms. The highest BCUT2D eigenvalue weighted by atomic mass is 16.6. The van der Waals surface area contributed by atoms with Gasteiger partial charge in [0, 0.05) is 12.3 Å². The Morgan fingerprint density at radius 3 is 3.08 bits per heavy atom. The zero-order valence-corrected chi connectivity index (χ0v) is 6.73. The Morgan fingerprint density at radius 2 is 2.50 bits per heavy atom. The molecule has 1 aliphatic heterocycles. The molecule has 0 aromatic rings. The summed E-state index contributed by atoms with van der Waals surface area (Å²) in [5.74, 6) is -0.133. The zero-order chi connectivity index (χ0) is 8.97. The Balaban J connectivity index is 2.41. The molecule has 3 N–H and O–H groups in total. The average Bonchev–Trinajstić information content (AvgIpc) is 2.04. The molecule has 0 bridgehead atoms. The molecule has 1 aliphatic rings. The van der Waals surface area contributed by atoms with E-state index in [0.29, 0.717) is 19.6 Å². The lowest BCUT2D eigenvalue weighted by molar-refractivity contribution is -0.0574. The van der Waals surface area contributed by atoms with E-state index < -0.39 is 6.09 Å². The second-order valence-corrected chi connectivity index (χ2v) is 2.78. The minimum atomic E-state index is -0.791. The van der Waals surface area contributed by atoms with Gasteiger partial charge in [0.25, 0.3) is 0 Å². The predicted octanol–water partition coefficient (Wildman–Crippen LogP) is -0.521. The number of rotatable bonds is 2. The molecule has 0 saturated carbocycles. The van der Waals surface area contributed by atoms with Gasteiger partial charge in [-0.15, -0.1) is 0 Å². The third-order valence-corrected chi connectivity index (χ3v) is 1.91. The fourth-order valence-corrected chi connectivity index (χ4v) is 1.25. The minimum Gasteiger partial charge on any atom is -0.446 e. The van der Waals surface area contributed by atoms with Crippen molar-refractivity contribution in [3.63, 3.8) is 0 Å². The summed E-state index contributed by atoms with van der Waals surface area (Å²) in [6.07, 6.45) is -0.477. The van der Waals surface area contributed by atoms with Crippen LogP contribution in [0.4, 0.5) is 4.79 Å². The van der Waals surface area contributed by atoms with Gasteiger partial charge in [-0.2, -0.15) is 0 Å². The first-order valence-electron chi connectivity index (χ1n) is 3.88. The lowest BCUT2D eigenvalue weighted by atomic mass is 10.00. The van der Waals surface area contributed by atoms with Crippen molar-refractivity contribution >= 4 is 6.09 Å².